The molecule has 2 aliphatic rings. The zero-order valence-electron chi connectivity index (χ0n) is 12.1. The van der Waals surface area contributed by atoms with Gasteiger partial charge in [0.15, 0.2) is 0 Å². The van der Waals surface area contributed by atoms with E-state index in [1.807, 2.05) is 0 Å². The number of anilines is 1. The number of likely N-dealkylation sites (N-methyl/N-ethyl adjacent to an activating group) is 1. The molecule has 0 aliphatic carbocycles. The van der Waals surface area contributed by atoms with Gasteiger partial charge in [0.2, 0.25) is 0 Å². The Hall–Kier alpha value is -1.37. The highest BCUT2D eigenvalue weighted by atomic mass is 35.5. The van der Waals surface area contributed by atoms with Gasteiger partial charge in [-0.15, -0.1) is 0 Å². The smallest absolute Gasteiger partial charge is 0.273 e. The highest BCUT2D eigenvalue weighted by molar-refractivity contribution is 6.33. The molecule has 0 saturated carbocycles. The number of nitro groups is 1. The van der Waals surface area contributed by atoms with Crippen LogP contribution in [0, 0.1) is 17.0 Å². The van der Waals surface area contributed by atoms with E-state index >= 15 is 0 Å². The third kappa shape index (κ3) is 2.59. The molecule has 1 aromatic carbocycles. The van der Waals surface area contributed by atoms with Crippen LogP contribution in [0.15, 0.2) is 12.1 Å². The van der Waals surface area contributed by atoms with E-state index in [1.54, 1.807) is 13.0 Å². The van der Waals surface area contributed by atoms with E-state index in [9.17, 15) is 10.1 Å². The van der Waals surface area contributed by atoms with Crippen LogP contribution in [0.1, 0.15) is 5.56 Å². The van der Waals surface area contributed by atoms with Crippen molar-refractivity contribution in [2.24, 2.45) is 0 Å². The normalized spacial score (nSPS) is 26.0. The van der Waals surface area contributed by atoms with Crippen molar-refractivity contribution in [2.45, 2.75) is 19.1 Å². The lowest BCUT2D eigenvalue weighted by atomic mass is 10.1. The summed E-state index contributed by atoms with van der Waals surface area (Å²) in [5.41, 5.74) is 1.54. The van der Waals surface area contributed by atoms with E-state index in [4.69, 9.17) is 16.3 Å². The molecule has 2 saturated heterocycles. The highest BCUT2D eigenvalue weighted by Gasteiger charge is 2.39. The molecule has 21 heavy (non-hydrogen) atoms. The van der Waals surface area contributed by atoms with Crippen LogP contribution in [0.2, 0.25) is 5.02 Å². The zero-order chi connectivity index (χ0) is 15.1. The lowest BCUT2D eigenvalue weighted by molar-refractivity contribution is -0.385. The number of ether oxygens (including phenoxy) is 1. The van der Waals surface area contributed by atoms with Gasteiger partial charge in [-0.3, -0.25) is 15.0 Å². The molecule has 0 amide bonds. The average Bonchev–Trinajstić information content (AvgIpc) is 2.86. The summed E-state index contributed by atoms with van der Waals surface area (Å²) in [6.07, 6.45) is 0.176. The van der Waals surface area contributed by atoms with Crippen molar-refractivity contribution in [2.75, 3.05) is 38.2 Å². The van der Waals surface area contributed by atoms with E-state index < -0.39 is 4.92 Å². The van der Waals surface area contributed by atoms with Crippen LogP contribution in [0.25, 0.3) is 0 Å². The molecule has 2 atom stereocenters. The van der Waals surface area contributed by atoms with Gasteiger partial charge in [0, 0.05) is 31.3 Å². The van der Waals surface area contributed by atoms with E-state index in [-0.39, 0.29) is 11.8 Å². The molecule has 0 spiro atoms. The van der Waals surface area contributed by atoms with Crippen molar-refractivity contribution < 1.29 is 9.66 Å². The summed E-state index contributed by atoms with van der Waals surface area (Å²) in [5.74, 6) is 0. The minimum absolute atomic E-state index is 0.0636. The molecule has 2 unspecified atom stereocenters. The van der Waals surface area contributed by atoms with Crippen LogP contribution in [0.5, 0.6) is 0 Å². The van der Waals surface area contributed by atoms with E-state index in [0.29, 0.717) is 16.6 Å². The second-order valence-electron chi connectivity index (χ2n) is 5.71. The first-order chi connectivity index (χ1) is 9.97. The lowest BCUT2D eigenvalue weighted by Crippen LogP contribution is -2.48. The summed E-state index contributed by atoms with van der Waals surface area (Å²) >= 11 is 6.26. The molecule has 6 nitrogen and oxygen atoms in total. The van der Waals surface area contributed by atoms with Gasteiger partial charge < -0.3 is 9.64 Å². The summed E-state index contributed by atoms with van der Waals surface area (Å²) in [6.45, 7) is 5.02. The van der Waals surface area contributed by atoms with Gasteiger partial charge in [0.1, 0.15) is 0 Å². The van der Waals surface area contributed by atoms with Gasteiger partial charge in [0.05, 0.1) is 34.4 Å². The van der Waals surface area contributed by atoms with Crippen molar-refractivity contribution in [3.05, 3.63) is 32.8 Å². The average molecular weight is 312 g/mol. The van der Waals surface area contributed by atoms with Gasteiger partial charge in [-0.2, -0.15) is 0 Å². The van der Waals surface area contributed by atoms with Gasteiger partial charge >= 0.3 is 0 Å². The third-order valence-electron chi connectivity index (χ3n) is 4.38. The highest BCUT2D eigenvalue weighted by Crippen LogP contribution is 2.36. The molecule has 7 heteroatoms. The second kappa shape index (κ2) is 5.44. The number of hydrogen-bond donors (Lipinski definition) is 0. The molecular weight excluding hydrogens is 294 g/mol. The topological polar surface area (TPSA) is 58.8 Å². The Morgan fingerprint density at radius 2 is 2.19 bits per heavy atom. The van der Waals surface area contributed by atoms with Crippen molar-refractivity contribution >= 4 is 23.0 Å². The third-order valence-corrected chi connectivity index (χ3v) is 4.68. The number of benzene rings is 1. The quantitative estimate of drug-likeness (QED) is 0.618. The van der Waals surface area contributed by atoms with Crippen molar-refractivity contribution in [3.8, 4) is 0 Å². The summed E-state index contributed by atoms with van der Waals surface area (Å²) in [4.78, 5) is 15.0. The zero-order valence-corrected chi connectivity index (χ0v) is 12.8. The van der Waals surface area contributed by atoms with Crippen LogP contribution in [-0.4, -0.2) is 55.3 Å². The molecule has 2 fully saturated rings. The maximum atomic E-state index is 11.0. The molecule has 2 aliphatic heterocycles. The summed E-state index contributed by atoms with van der Waals surface area (Å²) in [6, 6.07) is 3.60. The number of aryl methyl sites for hydroxylation is 1. The Kier molecular flexibility index (Phi) is 3.77. The Bertz CT molecular complexity index is 581. The number of morpholine rings is 1. The van der Waals surface area contributed by atoms with Gasteiger partial charge in [-0.1, -0.05) is 11.6 Å². The molecule has 0 N–H and O–H groups in total. The maximum Gasteiger partial charge on any atom is 0.273 e. The van der Waals surface area contributed by atoms with E-state index in [2.05, 4.69) is 16.8 Å². The van der Waals surface area contributed by atoms with Gasteiger partial charge in [0.25, 0.3) is 5.69 Å². The minimum atomic E-state index is -0.397. The maximum absolute atomic E-state index is 11.0. The number of hydrogen-bond acceptors (Lipinski definition) is 5. The fourth-order valence-electron chi connectivity index (χ4n) is 3.15. The predicted octanol–water partition coefficient (Wildman–Crippen LogP) is 2.08. The lowest BCUT2D eigenvalue weighted by Gasteiger charge is -2.33. The predicted molar refractivity (Wildman–Crippen MR) is 81.2 cm³/mol. The van der Waals surface area contributed by atoms with Crippen LogP contribution in [-0.2, 0) is 4.74 Å². The molecule has 0 aromatic heterocycles. The molecule has 3 rings (SSSR count). The Morgan fingerprint density at radius 3 is 2.86 bits per heavy atom. The fourth-order valence-corrected chi connectivity index (χ4v) is 3.43. The van der Waals surface area contributed by atoms with Crippen LogP contribution < -0.4 is 4.90 Å². The van der Waals surface area contributed by atoms with Crippen molar-refractivity contribution in [3.63, 3.8) is 0 Å². The Balaban J connectivity index is 1.88. The monoisotopic (exact) mass is 311 g/mol. The number of nitro benzene ring substituents is 1. The van der Waals surface area contributed by atoms with E-state index in [0.717, 1.165) is 31.9 Å². The number of halogens is 1. The fraction of sp³-hybridized carbons (Fsp3) is 0.571. The van der Waals surface area contributed by atoms with Crippen LogP contribution in [0.4, 0.5) is 11.4 Å². The minimum Gasteiger partial charge on any atom is -0.373 e. The first-order valence-corrected chi connectivity index (χ1v) is 7.36. The van der Waals surface area contributed by atoms with Crippen LogP contribution >= 0.6 is 11.6 Å². The van der Waals surface area contributed by atoms with Gasteiger partial charge in [-0.05, 0) is 20.0 Å². The molecule has 1 aromatic rings. The van der Waals surface area contributed by atoms with Gasteiger partial charge in [-0.25, -0.2) is 0 Å². The van der Waals surface area contributed by atoms with Crippen molar-refractivity contribution in [1.29, 1.82) is 0 Å². The second-order valence-corrected chi connectivity index (χ2v) is 6.12. The largest absolute Gasteiger partial charge is 0.373 e. The standard InChI is InChI=1S/C14H18ClN3O3/c1-9-5-12(10(15)6-11(9)18(19)20)17-7-13-14(8-17)21-4-3-16(13)2/h5-6,13-14H,3-4,7-8H2,1-2H3. The first kappa shape index (κ1) is 14.6. The number of fused-ring (bicyclic) bond motifs is 1. The summed E-state index contributed by atoms with van der Waals surface area (Å²) in [5, 5.41) is 11.4. The molecule has 2 heterocycles. The Labute approximate surface area is 128 Å². The molecular formula is C14H18ClN3O3. The molecule has 114 valence electrons. The first-order valence-electron chi connectivity index (χ1n) is 6.98. The number of nitrogens with zero attached hydrogens (tertiary/aromatic N) is 3. The number of rotatable bonds is 2. The summed E-state index contributed by atoms with van der Waals surface area (Å²) < 4.78 is 5.82. The van der Waals surface area contributed by atoms with Crippen LogP contribution in [0.3, 0.4) is 0 Å². The Morgan fingerprint density at radius 1 is 1.43 bits per heavy atom. The van der Waals surface area contributed by atoms with Crippen molar-refractivity contribution in [1.82, 2.24) is 4.90 Å². The summed E-state index contributed by atoms with van der Waals surface area (Å²) in [7, 11) is 2.10. The molecule has 0 bridgehead atoms. The van der Waals surface area contributed by atoms with E-state index in [1.165, 1.54) is 6.07 Å². The SMILES string of the molecule is Cc1cc(N2CC3OCCN(C)C3C2)c(Cl)cc1[N+](=O)[O-]. The molecule has 0 radical (unpaired) electrons.